The Morgan fingerprint density at radius 2 is 1.92 bits per heavy atom. The van der Waals surface area contributed by atoms with Crippen LogP contribution in [0, 0.1) is 0 Å². The summed E-state index contributed by atoms with van der Waals surface area (Å²) in [5.74, 6) is -0.669. The van der Waals surface area contributed by atoms with Gasteiger partial charge in [-0.3, -0.25) is 9.69 Å². The van der Waals surface area contributed by atoms with Crippen molar-refractivity contribution in [1.82, 2.24) is 10.2 Å². The second-order valence-corrected chi connectivity index (χ2v) is 6.63. The van der Waals surface area contributed by atoms with Crippen molar-refractivity contribution in [2.75, 3.05) is 39.5 Å². The van der Waals surface area contributed by atoms with Crippen molar-refractivity contribution in [1.29, 1.82) is 0 Å². The van der Waals surface area contributed by atoms with Crippen LogP contribution in [0.5, 0.6) is 0 Å². The Morgan fingerprint density at radius 3 is 2.62 bits per heavy atom. The summed E-state index contributed by atoms with van der Waals surface area (Å²) in [4.78, 5) is 26.7. The van der Waals surface area contributed by atoms with Gasteiger partial charge in [-0.1, -0.05) is 30.3 Å². The Bertz CT molecular complexity index is 585. The maximum atomic E-state index is 12.4. The number of nitrogens with one attached hydrogen (secondary N) is 1. The maximum absolute atomic E-state index is 12.4. The average molecular weight is 362 g/mol. The molecule has 7 heteroatoms. The molecule has 2 fully saturated rings. The SMILES string of the molecule is O=C(CN1CCOCC1)N[C@@H](COC1CC1)C(=O)OCc1ccccc1. The molecule has 0 unspecified atom stereocenters. The lowest BCUT2D eigenvalue weighted by Crippen LogP contribution is -2.50. The highest BCUT2D eigenvalue weighted by Gasteiger charge is 2.28. The van der Waals surface area contributed by atoms with Gasteiger partial charge in [0.15, 0.2) is 6.04 Å². The van der Waals surface area contributed by atoms with E-state index in [1.54, 1.807) is 0 Å². The minimum atomic E-state index is -0.784. The summed E-state index contributed by atoms with van der Waals surface area (Å²) in [5.41, 5.74) is 0.905. The van der Waals surface area contributed by atoms with Crippen LogP contribution in [-0.2, 0) is 30.4 Å². The third-order valence-electron chi connectivity index (χ3n) is 4.34. The van der Waals surface area contributed by atoms with Crippen molar-refractivity contribution in [3.8, 4) is 0 Å². The number of benzene rings is 1. The summed E-state index contributed by atoms with van der Waals surface area (Å²) in [5, 5.41) is 2.76. The molecule has 0 bridgehead atoms. The van der Waals surface area contributed by atoms with Crippen molar-refractivity contribution in [3.05, 3.63) is 35.9 Å². The van der Waals surface area contributed by atoms with E-state index in [1.807, 2.05) is 35.2 Å². The molecule has 1 saturated carbocycles. The van der Waals surface area contributed by atoms with E-state index in [2.05, 4.69) is 5.32 Å². The monoisotopic (exact) mass is 362 g/mol. The smallest absolute Gasteiger partial charge is 0.331 e. The Morgan fingerprint density at radius 1 is 1.19 bits per heavy atom. The topological polar surface area (TPSA) is 77.1 Å². The number of amides is 1. The Balaban J connectivity index is 1.49. The predicted molar refractivity (Wildman–Crippen MR) is 94.4 cm³/mol. The molecule has 142 valence electrons. The molecule has 1 N–H and O–H groups in total. The van der Waals surface area contributed by atoms with E-state index in [0.717, 1.165) is 31.5 Å². The Hall–Kier alpha value is -1.96. The molecule has 3 rings (SSSR count). The van der Waals surface area contributed by atoms with Gasteiger partial charge < -0.3 is 19.5 Å². The van der Waals surface area contributed by atoms with Gasteiger partial charge >= 0.3 is 5.97 Å². The van der Waals surface area contributed by atoms with Crippen LogP contribution >= 0.6 is 0 Å². The normalized spacial score (nSPS) is 18.9. The third-order valence-corrected chi connectivity index (χ3v) is 4.34. The number of carbonyl (C=O) groups is 2. The largest absolute Gasteiger partial charge is 0.459 e. The molecule has 1 aliphatic heterocycles. The zero-order valence-corrected chi connectivity index (χ0v) is 14.9. The molecule has 1 aromatic carbocycles. The lowest BCUT2D eigenvalue weighted by molar-refractivity contribution is -0.151. The van der Waals surface area contributed by atoms with Gasteiger partial charge in [0.25, 0.3) is 0 Å². The molecule has 1 aromatic rings. The number of morpholine rings is 1. The molecular formula is C19H26N2O5. The number of rotatable bonds is 9. The Labute approximate surface area is 153 Å². The molecule has 26 heavy (non-hydrogen) atoms. The van der Waals surface area contributed by atoms with E-state index in [4.69, 9.17) is 14.2 Å². The van der Waals surface area contributed by atoms with Crippen LogP contribution in [0.2, 0.25) is 0 Å². The highest BCUT2D eigenvalue weighted by Crippen LogP contribution is 2.23. The number of ether oxygens (including phenoxy) is 3. The van der Waals surface area contributed by atoms with E-state index >= 15 is 0 Å². The van der Waals surface area contributed by atoms with Gasteiger partial charge in [0.05, 0.1) is 32.5 Å². The first-order chi connectivity index (χ1) is 12.7. The second kappa shape index (κ2) is 9.66. The first kappa shape index (κ1) is 18.8. The average Bonchev–Trinajstić information content (AvgIpc) is 3.49. The van der Waals surface area contributed by atoms with Gasteiger partial charge in [0, 0.05) is 13.1 Å². The van der Waals surface area contributed by atoms with Crippen LogP contribution in [0.25, 0.3) is 0 Å². The van der Waals surface area contributed by atoms with Crippen molar-refractivity contribution in [3.63, 3.8) is 0 Å². The summed E-state index contributed by atoms with van der Waals surface area (Å²) in [6.07, 6.45) is 2.22. The summed E-state index contributed by atoms with van der Waals surface area (Å²) < 4.78 is 16.3. The van der Waals surface area contributed by atoms with Crippen LogP contribution in [0.4, 0.5) is 0 Å². The fourth-order valence-electron chi connectivity index (χ4n) is 2.67. The van der Waals surface area contributed by atoms with Gasteiger partial charge in [0.2, 0.25) is 5.91 Å². The van der Waals surface area contributed by atoms with Crippen LogP contribution in [0.3, 0.4) is 0 Å². The third kappa shape index (κ3) is 6.40. The molecule has 1 heterocycles. The van der Waals surface area contributed by atoms with Crippen molar-refractivity contribution in [2.45, 2.75) is 31.6 Å². The minimum Gasteiger partial charge on any atom is -0.459 e. The number of nitrogens with zero attached hydrogens (tertiary/aromatic N) is 1. The van der Waals surface area contributed by atoms with Crippen molar-refractivity contribution >= 4 is 11.9 Å². The molecule has 1 amide bonds. The summed E-state index contributed by atoms with van der Waals surface area (Å²) >= 11 is 0. The molecular weight excluding hydrogens is 336 g/mol. The molecule has 0 spiro atoms. The van der Waals surface area contributed by atoms with Crippen LogP contribution in [-0.4, -0.2) is 68.4 Å². The predicted octanol–water partition coefficient (Wildman–Crippen LogP) is 0.726. The van der Waals surface area contributed by atoms with E-state index in [0.29, 0.717) is 13.2 Å². The molecule has 1 aliphatic carbocycles. The zero-order chi connectivity index (χ0) is 18.2. The zero-order valence-electron chi connectivity index (χ0n) is 14.9. The standard InChI is InChI=1S/C19H26N2O5/c22-18(12-21-8-10-24-11-9-21)20-17(14-25-16-6-7-16)19(23)26-13-15-4-2-1-3-5-15/h1-5,16-17H,6-14H2,(H,20,22)/t17-/m0/s1. The van der Waals surface area contributed by atoms with Gasteiger partial charge in [-0.15, -0.1) is 0 Å². The van der Waals surface area contributed by atoms with Gasteiger partial charge in [-0.05, 0) is 18.4 Å². The number of esters is 1. The molecule has 7 nitrogen and oxygen atoms in total. The lowest BCUT2D eigenvalue weighted by atomic mass is 10.2. The summed E-state index contributed by atoms with van der Waals surface area (Å²) in [6, 6.07) is 8.68. The quantitative estimate of drug-likeness (QED) is 0.653. The van der Waals surface area contributed by atoms with Crippen LogP contribution < -0.4 is 5.32 Å². The summed E-state index contributed by atoms with van der Waals surface area (Å²) in [7, 11) is 0. The van der Waals surface area contributed by atoms with E-state index in [1.165, 1.54) is 0 Å². The van der Waals surface area contributed by atoms with Gasteiger partial charge in [-0.25, -0.2) is 4.79 Å². The molecule has 1 saturated heterocycles. The number of carbonyl (C=O) groups excluding carboxylic acids is 2. The lowest BCUT2D eigenvalue weighted by Gasteiger charge is -2.26. The van der Waals surface area contributed by atoms with E-state index < -0.39 is 12.0 Å². The highest BCUT2D eigenvalue weighted by atomic mass is 16.5. The van der Waals surface area contributed by atoms with Crippen molar-refractivity contribution in [2.24, 2.45) is 0 Å². The molecule has 0 radical (unpaired) electrons. The van der Waals surface area contributed by atoms with E-state index in [-0.39, 0.29) is 31.8 Å². The fraction of sp³-hybridized carbons (Fsp3) is 0.579. The fourth-order valence-corrected chi connectivity index (χ4v) is 2.67. The van der Waals surface area contributed by atoms with Crippen molar-refractivity contribution < 1.29 is 23.8 Å². The number of hydrogen-bond acceptors (Lipinski definition) is 6. The first-order valence-electron chi connectivity index (χ1n) is 9.12. The minimum absolute atomic E-state index is 0.146. The number of hydrogen-bond donors (Lipinski definition) is 1. The maximum Gasteiger partial charge on any atom is 0.331 e. The summed E-state index contributed by atoms with van der Waals surface area (Å²) in [6.45, 7) is 3.26. The van der Waals surface area contributed by atoms with Crippen LogP contribution in [0.1, 0.15) is 18.4 Å². The second-order valence-electron chi connectivity index (χ2n) is 6.63. The van der Waals surface area contributed by atoms with E-state index in [9.17, 15) is 9.59 Å². The van der Waals surface area contributed by atoms with Gasteiger partial charge in [0.1, 0.15) is 6.61 Å². The highest BCUT2D eigenvalue weighted by molar-refractivity contribution is 5.85. The van der Waals surface area contributed by atoms with Gasteiger partial charge in [-0.2, -0.15) is 0 Å². The van der Waals surface area contributed by atoms with Crippen LogP contribution in [0.15, 0.2) is 30.3 Å². The Kier molecular flexibility index (Phi) is 6.99. The molecule has 2 aliphatic rings. The first-order valence-corrected chi connectivity index (χ1v) is 9.12. The molecule has 1 atom stereocenters. The molecule has 0 aromatic heterocycles.